The molecule has 0 amide bonds. The number of hydrogen-bond donors (Lipinski definition) is 4. The molecule has 0 aromatic heterocycles. The molecular weight excluding hydrogens is 246 g/mol. The van der Waals surface area contributed by atoms with Crippen LogP contribution in [0.25, 0.3) is 0 Å². The third kappa shape index (κ3) is 2.97. The SMILES string of the molecule is COc1ccc(CNC2(CO)CC2)cc1/C(N)=N/O. The highest BCUT2D eigenvalue weighted by molar-refractivity contribution is 5.99. The fourth-order valence-corrected chi connectivity index (χ4v) is 1.95. The summed E-state index contributed by atoms with van der Waals surface area (Å²) in [5.74, 6) is 0.573. The predicted molar refractivity (Wildman–Crippen MR) is 71.4 cm³/mol. The molecular formula is C13H19N3O3. The number of methoxy groups -OCH3 is 1. The van der Waals surface area contributed by atoms with Gasteiger partial charge in [0.25, 0.3) is 0 Å². The first-order chi connectivity index (χ1) is 9.14. The number of nitrogens with zero attached hydrogens (tertiary/aromatic N) is 1. The van der Waals surface area contributed by atoms with E-state index in [0.717, 1.165) is 18.4 Å². The Morgan fingerprint density at radius 1 is 1.53 bits per heavy atom. The van der Waals surface area contributed by atoms with Crippen LogP contribution in [0.3, 0.4) is 0 Å². The monoisotopic (exact) mass is 265 g/mol. The third-order valence-electron chi connectivity index (χ3n) is 3.47. The summed E-state index contributed by atoms with van der Waals surface area (Å²) in [5, 5.41) is 24.3. The maximum atomic E-state index is 9.24. The molecule has 6 heteroatoms. The first-order valence-corrected chi connectivity index (χ1v) is 6.15. The summed E-state index contributed by atoms with van der Waals surface area (Å²) >= 11 is 0. The number of amidine groups is 1. The average molecular weight is 265 g/mol. The van der Waals surface area contributed by atoms with Gasteiger partial charge in [0.15, 0.2) is 5.84 Å². The van der Waals surface area contributed by atoms with Crippen LogP contribution in [0.2, 0.25) is 0 Å². The van der Waals surface area contributed by atoms with E-state index < -0.39 is 0 Å². The molecule has 0 atom stereocenters. The summed E-state index contributed by atoms with van der Waals surface area (Å²) in [7, 11) is 1.53. The molecule has 1 saturated carbocycles. The van der Waals surface area contributed by atoms with Crippen LogP contribution in [0.5, 0.6) is 5.75 Å². The number of benzene rings is 1. The second kappa shape index (κ2) is 5.46. The van der Waals surface area contributed by atoms with Crippen molar-refractivity contribution in [3.63, 3.8) is 0 Å². The van der Waals surface area contributed by atoms with Crippen molar-refractivity contribution >= 4 is 5.84 Å². The van der Waals surface area contributed by atoms with Gasteiger partial charge in [-0.2, -0.15) is 0 Å². The molecule has 0 radical (unpaired) electrons. The molecule has 104 valence electrons. The van der Waals surface area contributed by atoms with Crippen LogP contribution in [0, 0.1) is 0 Å². The number of nitrogens with two attached hydrogens (primary N) is 1. The van der Waals surface area contributed by atoms with Crippen LogP contribution >= 0.6 is 0 Å². The largest absolute Gasteiger partial charge is 0.496 e. The molecule has 0 bridgehead atoms. The molecule has 1 aromatic rings. The smallest absolute Gasteiger partial charge is 0.173 e. The first kappa shape index (κ1) is 13.6. The highest BCUT2D eigenvalue weighted by Gasteiger charge is 2.41. The zero-order valence-electron chi connectivity index (χ0n) is 10.9. The van der Waals surface area contributed by atoms with E-state index in [1.165, 1.54) is 7.11 Å². The van der Waals surface area contributed by atoms with Gasteiger partial charge in [-0.15, -0.1) is 0 Å². The van der Waals surface area contributed by atoms with Gasteiger partial charge in [0.1, 0.15) is 5.75 Å². The molecule has 0 heterocycles. The number of ether oxygens (including phenoxy) is 1. The Labute approximate surface area is 111 Å². The van der Waals surface area contributed by atoms with Crippen LogP contribution in [-0.2, 0) is 6.54 Å². The van der Waals surface area contributed by atoms with Crippen molar-refractivity contribution in [2.24, 2.45) is 10.9 Å². The molecule has 1 aliphatic carbocycles. The summed E-state index contributed by atoms with van der Waals surface area (Å²) < 4.78 is 5.17. The summed E-state index contributed by atoms with van der Waals surface area (Å²) in [6.07, 6.45) is 1.99. The lowest BCUT2D eigenvalue weighted by atomic mass is 10.1. The topological polar surface area (TPSA) is 100 Å². The van der Waals surface area contributed by atoms with Crippen LogP contribution in [-0.4, -0.2) is 35.4 Å². The molecule has 1 aliphatic rings. The lowest BCUT2D eigenvalue weighted by Crippen LogP contribution is -2.34. The molecule has 19 heavy (non-hydrogen) atoms. The number of nitrogens with one attached hydrogen (secondary N) is 1. The van der Waals surface area contributed by atoms with Gasteiger partial charge in [-0.1, -0.05) is 11.2 Å². The number of rotatable bonds is 6. The molecule has 1 aromatic carbocycles. The van der Waals surface area contributed by atoms with Gasteiger partial charge in [-0.25, -0.2) is 0 Å². The Balaban J connectivity index is 2.13. The second-order valence-electron chi connectivity index (χ2n) is 4.81. The van der Waals surface area contributed by atoms with Gasteiger partial charge in [0.05, 0.1) is 19.3 Å². The Morgan fingerprint density at radius 2 is 2.26 bits per heavy atom. The van der Waals surface area contributed by atoms with Gasteiger partial charge in [-0.05, 0) is 30.5 Å². The molecule has 5 N–H and O–H groups in total. The Hall–Kier alpha value is -1.79. The van der Waals surface area contributed by atoms with Gasteiger partial charge >= 0.3 is 0 Å². The number of aliphatic hydroxyl groups is 1. The Morgan fingerprint density at radius 3 is 2.79 bits per heavy atom. The molecule has 0 unspecified atom stereocenters. The van der Waals surface area contributed by atoms with Gasteiger partial charge in [0.2, 0.25) is 0 Å². The lowest BCUT2D eigenvalue weighted by molar-refractivity contribution is 0.229. The van der Waals surface area contributed by atoms with Crippen LogP contribution in [0.4, 0.5) is 0 Å². The predicted octanol–water partition coefficient (Wildman–Crippen LogP) is 0.404. The third-order valence-corrected chi connectivity index (χ3v) is 3.47. The van der Waals surface area contributed by atoms with E-state index in [4.69, 9.17) is 15.7 Å². The quantitative estimate of drug-likeness (QED) is 0.258. The number of oxime groups is 1. The van der Waals surface area contributed by atoms with Crippen LogP contribution < -0.4 is 15.8 Å². The van der Waals surface area contributed by atoms with Crippen LogP contribution in [0.15, 0.2) is 23.4 Å². The molecule has 6 nitrogen and oxygen atoms in total. The Kier molecular flexibility index (Phi) is 3.92. The van der Waals surface area contributed by atoms with E-state index in [9.17, 15) is 5.11 Å². The minimum absolute atomic E-state index is 0.0157. The van der Waals surface area contributed by atoms with Crippen LogP contribution in [0.1, 0.15) is 24.0 Å². The fraction of sp³-hybridized carbons (Fsp3) is 0.462. The average Bonchev–Trinajstić information content (AvgIpc) is 3.24. The summed E-state index contributed by atoms with van der Waals surface area (Å²) in [6, 6.07) is 5.50. The van der Waals surface area contributed by atoms with Crippen molar-refractivity contribution in [1.82, 2.24) is 5.32 Å². The highest BCUT2D eigenvalue weighted by Crippen LogP contribution is 2.35. The summed E-state index contributed by atoms with van der Waals surface area (Å²) in [5.41, 5.74) is 7.05. The van der Waals surface area contributed by atoms with Crippen molar-refractivity contribution in [3.05, 3.63) is 29.3 Å². The van der Waals surface area contributed by atoms with E-state index in [2.05, 4.69) is 10.5 Å². The number of hydrogen-bond acceptors (Lipinski definition) is 5. The first-order valence-electron chi connectivity index (χ1n) is 6.15. The minimum Gasteiger partial charge on any atom is -0.496 e. The van der Waals surface area contributed by atoms with Gasteiger partial charge < -0.3 is 26.1 Å². The van der Waals surface area contributed by atoms with E-state index in [-0.39, 0.29) is 18.0 Å². The highest BCUT2D eigenvalue weighted by atomic mass is 16.5. The van der Waals surface area contributed by atoms with E-state index in [1.807, 2.05) is 12.1 Å². The molecule has 1 fully saturated rings. The number of aliphatic hydroxyl groups excluding tert-OH is 1. The van der Waals surface area contributed by atoms with Crippen molar-refractivity contribution in [1.29, 1.82) is 0 Å². The minimum atomic E-state index is -0.114. The van der Waals surface area contributed by atoms with Crippen molar-refractivity contribution in [2.45, 2.75) is 24.9 Å². The van der Waals surface area contributed by atoms with Crippen molar-refractivity contribution in [3.8, 4) is 5.75 Å². The van der Waals surface area contributed by atoms with E-state index >= 15 is 0 Å². The standard InChI is InChI=1S/C13H19N3O3/c1-19-11-3-2-9(6-10(11)12(14)16-18)7-15-13(8-17)4-5-13/h2-3,6,15,17-18H,4-5,7-8H2,1H3,(H2,14,16). The van der Waals surface area contributed by atoms with Gasteiger partial charge in [-0.3, -0.25) is 0 Å². The molecule has 2 rings (SSSR count). The second-order valence-corrected chi connectivity index (χ2v) is 4.81. The van der Waals surface area contributed by atoms with Crippen molar-refractivity contribution in [2.75, 3.05) is 13.7 Å². The van der Waals surface area contributed by atoms with E-state index in [1.54, 1.807) is 6.07 Å². The zero-order chi connectivity index (χ0) is 13.9. The lowest BCUT2D eigenvalue weighted by Gasteiger charge is -2.15. The van der Waals surface area contributed by atoms with Gasteiger partial charge in [0, 0.05) is 12.1 Å². The van der Waals surface area contributed by atoms with E-state index in [0.29, 0.717) is 17.9 Å². The molecule has 0 saturated heterocycles. The zero-order valence-corrected chi connectivity index (χ0v) is 10.9. The fourth-order valence-electron chi connectivity index (χ4n) is 1.95. The summed E-state index contributed by atoms with van der Waals surface area (Å²) in [6.45, 7) is 0.770. The maximum Gasteiger partial charge on any atom is 0.173 e. The van der Waals surface area contributed by atoms with Crippen molar-refractivity contribution < 1.29 is 15.1 Å². The molecule has 0 aliphatic heterocycles. The summed E-state index contributed by atoms with van der Waals surface area (Å²) in [4.78, 5) is 0. The maximum absolute atomic E-state index is 9.24. The molecule has 0 spiro atoms. The Bertz CT molecular complexity index is 484. The normalized spacial score (nSPS) is 17.3.